The van der Waals surface area contributed by atoms with Crippen LogP contribution in [0.2, 0.25) is 0 Å². The van der Waals surface area contributed by atoms with Crippen molar-refractivity contribution in [1.82, 2.24) is 4.90 Å². The molecule has 2 fully saturated rings. The molecule has 4 nitrogen and oxygen atoms in total. The molecule has 1 saturated carbocycles. The SMILES string of the molecule is O=C(OCC1c2ccccc2-c2ccccc21)N1CC2CC2(CO)C1. The van der Waals surface area contributed by atoms with Crippen molar-refractivity contribution in [1.29, 1.82) is 0 Å². The minimum absolute atomic E-state index is 0.0361. The Labute approximate surface area is 147 Å². The average molecular weight is 335 g/mol. The van der Waals surface area contributed by atoms with Gasteiger partial charge in [0.05, 0.1) is 6.61 Å². The van der Waals surface area contributed by atoms with Crippen LogP contribution in [-0.2, 0) is 4.74 Å². The molecule has 128 valence electrons. The van der Waals surface area contributed by atoms with Crippen molar-refractivity contribution in [3.63, 3.8) is 0 Å². The van der Waals surface area contributed by atoms with Crippen molar-refractivity contribution in [2.24, 2.45) is 11.3 Å². The predicted octanol–water partition coefficient (Wildman–Crippen LogP) is 3.25. The highest BCUT2D eigenvalue weighted by Crippen LogP contribution is 2.57. The smallest absolute Gasteiger partial charge is 0.409 e. The van der Waals surface area contributed by atoms with Gasteiger partial charge in [-0.2, -0.15) is 0 Å². The molecular weight excluding hydrogens is 314 g/mol. The summed E-state index contributed by atoms with van der Waals surface area (Å²) in [5, 5.41) is 9.51. The molecule has 0 bridgehead atoms. The summed E-state index contributed by atoms with van der Waals surface area (Å²) in [6.45, 7) is 1.88. The first-order chi connectivity index (χ1) is 12.2. The molecule has 5 rings (SSSR count). The van der Waals surface area contributed by atoms with E-state index in [0.29, 0.717) is 19.1 Å². The quantitative estimate of drug-likeness (QED) is 0.937. The average Bonchev–Trinajstić information content (AvgIpc) is 3.07. The fraction of sp³-hybridized carbons (Fsp3) is 0.381. The summed E-state index contributed by atoms with van der Waals surface area (Å²) < 4.78 is 5.69. The lowest BCUT2D eigenvalue weighted by atomic mass is 9.98. The molecule has 3 aliphatic rings. The molecule has 2 unspecified atom stereocenters. The number of rotatable bonds is 3. The summed E-state index contributed by atoms with van der Waals surface area (Å²) in [6.07, 6.45) is 0.790. The first-order valence-corrected chi connectivity index (χ1v) is 8.93. The van der Waals surface area contributed by atoms with Gasteiger partial charge < -0.3 is 14.7 Å². The Morgan fingerprint density at radius 1 is 1.12 bits per heavy atom. The third-order valence-electron chi connectivity index (χ3n) is 6.21. The van der Waals surface area contributed by atoms with E-state index >= 15 is 0 Å². The van der Waals surface area contributed by atoms with Crippen LogP contribution in [0.4, 0.5) is 4.79 Å². The van der Waals surface area contributed by atoms with E-state index in [1.807, 2.05) is 12.1 Å². The Bertz CT molecular complexity index is 799. The van der Waals surface area contributed by atoms with E-state index < -0.39 is 0 Å². The molecule has 25 heavy (non-hydrogen) atoms. The molecule has 0 aromatic heterocycles. The number of ether oxygens (including phenoxy) is 1. The number of carbonyl (C=O) groups excluding carboxylic acids is 1. The van der Waals surface area contributed by atoms with E-state index in [0.717, 1.165) is 13.0 Å². The molecule has 2 aliphatic carbocycles. The van der Waals surface area contributed by atoms with Crippen LogP contribution >= 0.6 is 0 Å². The minimum atomic E-state index is -0.248. The van der Waals surface area contributed by atoms with Crippen LogP contribution in [0.25, 0.3) is 11.1 Å². The van der Waals surface area contributed by atoms with E-state index in [-0.39, 0.29) is 24.0 Å². The summed E-state index contributed by atoms with van der Waals surface area (Å²) in [5.74, 6) is 0.554. The lowest BCUT2D eigenvalue weighted by Crippen LogP contribution is -2.34. The van der Waals surface area contributed by atoms with Gasteiger partial charge in [0.15, 0.2) is 0 Å². The minimum Gasteiger partial charge on any atom is -0.448 e. The maximum atomic E-state index is 12.5. The highest BCUT2D eigenvalue weighted by Gasteiger charge is 2.60. The highest BCUT2D eigenvalue weighted by atomic mass is 16.6. The summed E-state index contributed by atoms with van der Waals surface area (Å²) in [7, 11) is 0. The lowest BCUT2D eigenvalue weighted by Gasteiger charge is -2.21. The Kier molecular flexibility index (Phi) is 3.19. The Balaban J connectivity index is 1.32. The second kappa shape index (κ2) is 5.33. The van der Waals surface area contributed by atoms with Crippen LogP contribution in [0.15, 0.2) is 48.5 Å². The molecule has 2 atom stereocenters. The number of fused-ring (bicyclic) bond motifs is 4. The summed E-state index contributed by atoms with van der Waals surface area (Å²) in [5.41, 5.74) is 4.90. The maximum Gasteiger partial charge on any atom is 0.409 e. The summed E-state index contributed by atoms with van der Waals surface area (Å²) in [4.78, 5) is 14.2. The van der Waals surface area contributed by atoms with Crippen LogP contribution < -0.4 is 0 Å². The number of amides is 1. The molecule has 1 aliphatic heterocycles. The molecule has 4 heteroatoms. The lowest BCUT2D eigenvalue weighted by molar-refractivity contribution is 0.0978. The van der Waals surface area contributed by atoms with E-state index in [1.165, 1.54) is 22.3 Å². The Morgan fingerprint density at radius 2 is 1.76 bits per heavy atom. The molecule has 0 spiro atoms. The number of hydrogen-bond acceptors (Lipinski definition) is 3. The van der Waals surface area contributed by atoms with Crippen LogP contribution in [0, 0.1) is 11.3 Å². The number of carbonyl (C=O) groups is 1. The van der Waals surface area contributed by atoms with Gasteiger partial charge in [0, 0.05) is 24.4 Å². The third-order valence-corrected chi connectivity index (χ3v) is 6.21. The molecule has 2 aromatic rings. The zero-order valence-corrected chi connectivity index (χ0v) is 14.0. The van der Waals surface area contributed by atoms with Gasteiger partial charge >= 0.3 is 6.09 Å². The van der Waals surface area contributed by atoms with Crippen molar-refractivity contribution in [3.8, 4) is 11.1 Å². The van der Waals surface area contributed by atoms with Gasteiger partial charge in [-0.15, -0.1) is 0 Å². The van der Waals surface area contributed by atoms with Gasteiger partial charge in [0.25, 0.3) is 0 Å². The first-order valence-electron chi connectivity index (χ1n) is 8.93. The molecule has 2 aromatic carbocycles. The third kappa shape index (κ3) is 2.20. The normalized spacial score (nSPS) is 26.1. The van der Waals surface area contributed by atoms with E-state index in [2.05, 4.69) is 36.4 Å². The standard InChI is InChI=1S/C21H21NO3/c23-13-21-9-14(21)10-22(12-21)20(24)25-11-19-17-7-3-1-5-15(17)16-6-2-4-8-18(16)19/h1-8,14,19,23H,9-13H2. The largest absolute Gasteiger partial charge is 0.448 e. The van der Waals surface area contributed by atoms with Gasteiger partial charge in [-0.05, 0) is 34.6 Å². The van der Waals surface area contributed by atoms with Crippen LogP contribution in [0.3, 0.4) is 0 Å². The fourth-order valence-electron chi connectivity index (χ4n) is 4.66. The number of benzene rings is 2. The van der Waals surface area contributed by atoms with Crippen molar-refractivity contribution in [2.45, 2.75) is 12.3 Å². The highest BCUT2D eigenvalue weighted by molar-refractivity contribution is 5.79. The van der Waals surface area contributed by atoms with Gasteiger partial charge in [0.2, 0.25) is 0 Å². The van der Waals surface area contributed by atoms with E-state index in [4.69, 9.17) is 4.74 Å². The molecule has 1 N–H and O–H groups in total. The van der Waals surface area contributed by atoms with Crippen molar-refractivity contribution in [2.75, 3.05) is 26.3 Å². The zero-order valence-electron chi connectivity index (χ0n) is 14.0. The fourth-order valence-corrected chi connectivity index (χ4v) is 4.66. The second-order valence-electron chi connectivity index (χ2n) is 7.61. The molecular formula is C21H21NO3. The van der Waals surface area contributed by atoms with Gasteiger partial charge in [-0.1, -0.05) is 48.5 Å². The number of nitrogens with zero attached hydrogens (tertiary/aromatic N) is 1. The van der Waals surface area contributed by atoms with E-state index in [1.54, 1.807) is 4.90 Å². The summed E-state index contributed by atoms with van der Waals surface area (Å²) in [6, 6.07) is 16.7. The number of aliphatic hydroxyl groups is 1. The van der Waals surface area contributed by atoms with Crippen LogP contribution in [-0.4, -0.2) is 42.4 Å². The molecule has 1 heterocycles. The predicted molar refractivity (Wildman–Crippen MR) is 94.3 cm³/mol. The van der Waals surface area contributed by atoms with Crippen molar-refractivity contribution in [3.05, 3.63) is 59.7 Å². The van der Waals surface area contributed by atoms with Gasteiger partial charge in [-0.3, -0.25) is 0 Å². The molecule has 1 amide bonds. The number of piperidine rings is 1. The first kappa shape index (κ1) is 15.0. The zero-order chi connectivity index (χ0) is 17.0. The van der Waals surface area contributed by atoms with Crippen LogP contribution in [0.5, 0.6) is 0 Å². The van der Waals surface area contributed by atoms with Crippen LogP contribution in [0.1, 0.15) is 23.5 Å². The number of hydrogen-bond donors (Lipinski definition) is 1. The number of aliphatic hydroxyl groups excluding tert-OH is 1. The number of likely N-dealkylation sites (tertiary alicyclic amines) is 1. The summed E-state index contributed by atoms with van der Waals surface area (Å²) >= 11 is 0. The van der Waals surface area contributed by atoms with Crippen molar-refractivity contribution < 1.29 is 14.6 Å². The van der Waals surface area contributed by atoms with Gasteiger partial charge in [0.1, 0.15) is 6.61 Å². The molecule has 0 radical (unpaired) electrons. The topological polar surface area (TPSA) is 49.8 Å². The maximum absolute atomic E-state index is 12.5. The van der Waals surface area contributed by atoms with Gasteiger partial charge in [-0.25, -0.2) is 4.79 Å². The Hall–Kier alpha value is -2.33. The molecule has 1 saturated heterocycles. The van der Waals surface area contributed by atoms with Crippen molar-refractivity contribution >= 4 is 6.09 Å². The van der Waals surface area contributed by atoms with E-state index in [9.17, 15) is 9.90 Å². The second-order valence-corrected chi connectivity index (χ2v) is 7.61. The Morgan fingerprint density at radius 3 is 2.36 bits per heavy atom. The monoisotopic (exact) mass is 335 g/mol.